The fourth-order valence-corrected chi connectivity index (χ4v) is 1.71. The van der Waals surface area contributed by atoms with Crippen molar-refractivity contribution < 1.29 is 9.47 Å². The molecule has 0 radical (unpaired) electrons. The van der Waals surface area contributed by atoms with Crippen LogP contribution in [0.5, 0.6) is 11.5 Å². The van der Waals surface area contributed by atoms with Gasteiger partial charge in [-0.05, 0) is 33.0 Å². The highest BCUT2D eigenvalue weighted by Crippen LogP contribution is 2.25. The largest absolute Gasteiger partial charge is 0.493 e. The van der Waals surface area contributed by atoms with Gasteiger partial charge in [0.2, 0.25) is 0 Å². The van der Waals surface area contributed by atoms with E-state index in [0.717, 1.165) is 43.1 Å². The molecule has 0 aliphatic rings. The standard InChI is InChI=1S/C15H26N2O2/c1-4-9-18-14-7-6-13(12-16)15(11-14)19-10-5-8-17(2)3/h6-7,11H,4-5,8-10,12,16H2,1-3H3. The van der Waals surface area contributed by atoms with Crippen molar-refractivity contribution >= 4 is 0 Å². The van der Waals surface area contributed by atoms with E-state index in [1.54, 1.807) is 0 Å². The first-order valence-electron chi connectivity index (χ1n) is 6.90. The molecule has 0 atom stereocenters. The molecular weight excluding hydrogens is 240 g/mol. The molecule has 108 valence electrons. The predicted molar refractivity (Wildman–Crippen MR) is 78.8 cm³/mol. The maximum Gasteiger partial charge on any atom is 0.127 e. The third-order valence-corrected chi connectivity index (χ3v) is 2.74. The van der Waals surface area contributed by atoms with Gasteiger partial charge in [0, 0.05) is 24.7 Å². The lowest BCUT2D eigenvalue weighted by Crippen LogP contribution is -2.16. The van der Waals surface area contributed by atoms with Gasteiger partial charge in [-0.25, -0.2) is 0 Å². The SMILES string of the molecule is CCCOc1ccc(CN)c(OCCCN(C)C)c1. The summed E-state index contributed by atoms with van der Waals surface area (Å²) in [6, 6.07) is 5.87. The number of ether oxygens (including phenoxy) is 2. The number of nitrogens with zero attached hydrogens (tertiary/aromatic N) is 1. The van der Waals surface area contributed by atoms with E-state index in [0.29, 0.717) is 13.2 Å². The zero-order valence-electron chi connectivity index (χ0n) is 12.3. The van der Waals surface area contributed by atoms with Crippen LogP contribution >= 0.6 is 0 Å². The molecule has 1 aromatic rings. The summed E-state index contributed by atoms with van der Waals surface area (Å²) in [5.74, 6) is 1.69. The van der Waals surface area contributed by atoms with Crippen molar-refractivity contribution in [3.05, 3.63) is 23.8 Å². The van der Waals surface area contributed by atoms with Crippen LogP contribution in [0.3, 0.4) is 0 Å². The summed E-state index contributed by atoms with van der Waals surface area (Å²) in [6.07, 6.45) is 1.99. The quantitative estimate of drug-likeness (QED) is 0.697. The minimum atomic E-state index is 0.483. The van der Waals surface area contributed by atoms with Gasteiger partial charge in [0.05, 0.1) is 13.2 Å². The lowest BCUT2D eigenvalue weighted by Gasteiger charge is -2.14. The Kier molecular flexibility index (Phi) is 7.30. The van der Waals surface area contributed by atoms with Gasteiger partial charge in [0.25, 0.3) is 0 Å². The minimum absolute atomic E-state index is 0.483. The smallest absolute Gasteiger partial charge is 0.127 e. The second-order valence-electron chi connectivity index (χ2n) is 4.83. The summed E-state index contributed by atoms with van der Waals surface area (Å²) in [4.78, 5) is 2.15. The van der Waals surface area contributed by atoms with Crippen molar-refractivity contribution in [3.63, 3.8) is 0 Å². The lowest BCUT2D eigenvalue weighted by molar-refractivity contribution is 0.275. The van der Waals surface area contributed by atoms with Crippen LogP contribution in [0.1, 0.15) is 25.3 Å². The van der Waals surface area contributed by atoms with Gasteiger partial charge in [-0.1, -0.05) is 13.0 Å². The van der Waals surface area contributed by atoms with Crippen LogP contribution in [-0.4, -0.2) is 38.8 Å². The van der Waals surface area contributed by atoms with Crippen molar-refractivity contribution in [2.75, 3.05) is 33.9 Å². The molecule has 4 nitrogen and oxygen atoms in total. The van der Waals surface area contributed by atoms with Crippen LogP contribution in [0.4, 0.5) is 0 Å². The topological polar surface area (TPSA) is 47.7 Å². The van der Waals surface area contributed by atoms with E-state index >= 15 is 0 Å². The Morgan fingerprint density at radius 3 is 2.58 bits per heavy atom. The van der Waals surface area contributed by atoms with Crippen LogP contribution in [-0.2, 0) is 6.54 Å². The van der Waals surface area contributed by atoms with Crippen LogP contribution in [0.15, 0.2) is 18.2 Å². The molecule has 0 spiro atoms. The van der Waals surface area contributed by atoms with Crippen LogP contribution in [0, 0.1) is 0 Å². The fraction of sp³-hybridized carbons (Fsp3) is 0.600. The Bertz CT molecular complexity index is 367. The maximum atomic E-state index is 5.81. The Hall–Kier alpha value is -1.26. The summed E-state index contributed by atoms with van der Waals surface area (Å²) in [6.45, 7) is 5.01. The van der Waals surface area contributed by atoms with E-state index in [1.165, 1.54) is 0 Å². The van der Waals surface area contributed by atoms with Crippen molar-refractivity contribution in [2.45, 2.75) is 26.3 Å². The van der Waals surface area contributed by atoms with E-state index in [2.05, 4.69) is 25.9 Å². The Morgan fingerprint density at radius 1 is 1.16 bits per heavy atom. The third-order valence-electron chi connectivity index (χ3n) is 2.74. The monoisotopic (exact) mass is 266 g/mol. The molecule has 2 N–H and O–H groups in total. The molecule has 0 aromatic heterocycles. The number of nitrogens with two attached hydrogens (primary N) is 1. The number of rotatable bonds is 9. The lowest BCUT2D eigenvalue weighted by atomic mass is 10.2. The summed E-state index contributed by atoms with van der Waals surface area (Å²) < 4.78 is 11.4. The Balaban J connectivity index is 2.57. The molecule has 0 saturated carbocycles. The molecule has 0 bridgehead atoms. The van der Waals surface area contributed by atoms with E-state index < -0.39 is 0 Å². The molecular formula is C15H26N2O2. The van der Waals surface area contributed by atoms with E-state index in [4.69, 9.17) is 15.2 Å². The fourth-order valence-electron chi connectivity index (χ4n) is 1.71. The Labute approximate surface area is 116 Å². The van der Waals surface area contributed by atoms with E-state index in [-0.39, 0.29) is 0 Å². The number of hydrogen-bond acceptors (Lipinski definition) is 4. The van der Waals surface area contributed by atoms with Gasteiger partial charge < -0.3 is 20.1 Å². The van der Waals surface area contributed by atoms with Crippen LogP contribution in [0.2, 0.25) is 0 Å². The predicted octanol–water partition coefficient (Wildman–Crippen LogP) is 2.26. The molecule has 1 rings (SSSR count). The molecule has 0 amide bonds. The first-order valence-corrected chi connectivity index (χ1v) is 6.90. The van der Waals surface area contributed by atoms with Gasteiger partial charge in [-0.2, -0.15) is 0 Å². The summed E-state index contributed by atoms with van der Waals surface area (Å²) in [5.41, 5.74) is 6.75. The Morgan fingerprint density at radius 2 is 1.95 bits per heavy atom. The zero-order chi connectivity index (χ0) is 14.1. The summed E-state index contributed by atoms with van der Waals surface area (Å²) >= 11 is 0. The third kappa shape index (κ3) is 5.94. The van der Waals surface area contributed by atoms with Crippen molar-refractivity contribution in [1.82, 2.24) is 4.90 Å². The zero-order valence-corrected chi connectivity index (χ0v) is 12.3. The molecule has 0 fully saturated rings. The highest BCUT2D eigenvalue weighted by atomic mass is 16.5. The summed E-state index contributed by atoms with van der Waals surface area (Å²) in [7, 11) is 4.12. The molecule has 4 heteroatoms. The highest BCUT2D eigenvalue weighted by Gasteiger charge is 2.05. The average Bonchev–Trinajstić information content (AvgIpc) is 2.41. The maximum absolute atomic E-state index is 5.81. The van der Waals surface area contributed by atoms with Crippen molar-refractivity contribution in [1.29, 1.82) is 0 Å². The molecule has 0 saturated heterocycles. The molecule has 19 heavy (non-hydrogen) atoms. The minimum Gasteiger partial charge on any atom is -0.493 e. The number of hydrogen-bond donors (Lipinski definition) is 1. The first kappa shape index (κ1) is 15.8. The van der Waals surface area contributed by atoms with Gasteiger partial charge in [-0.15, -0.1) is 0 Å². The normalized spacial score (nSPS) is 10.8. The molecule has 0 aliphatic carbocycles. The van der Waals surface area contributed by atoms with Crippen LogP contribution in [0.25, 0.3) is 0 Å². The molecule has 0 heterocycles. The molecule has 1 aromatic carbocycles. The van der Waals surface area contributed by atoms with Crippen molar-refractivity contribution in [2.24, 2.45) is 5.73 Å². The van der Waals surface area contributed by atoms with Gasteiger partial charge >= 0.3 is 0 Å². The second kappa shape index (κ2) is 8.77. The summed E-state index contributed by atoms with van der Waals surface area (Å²) in [5, 5.41) is 0. The highest BCUT2D eigenvalue weighted by molar-refractivity contribution is 5.40. The first-order chi connectivity index (χ1) is 9.17. The van der Waals surface area contributed by atoms with Gasteiger partial charge in [-0.3, -0.25) is 0 Å². The van der Waals surface area contributed by atoms with Gasteiger partial charge in [0.15, 0.2) is 0 Å². The molecule has 0 unspecified atom stereocenters. The number of benzene rings is 1. The van der Waals surface area contributed by atoms with Gasteiger partial charge in [0.1, 0.15) is 11.5 Å². The van der Waals surface area contributed by atoms with E-state index in [9.17, 15) is 0 Å². The second-order valence-corrected chi connectivity index (χ2v) is 4.83. The molecule has 0 aliphatic heterocycles. The van der Waals surface area contributed by atoms with E-state index in [1.807, 2.05) is 18.2 Å². The van der Waals surface area contributed by atoms with Crippen LogP contribution < -0.4 is 15.2 Å². The average molecular weight is 266 g/mol. The van der Waals surface area contributed by atoms with Crippen molar-refractivity contribution in [3.8, 4) is 11.5 Å².